The van der Waals surface area contributed by atoms with Crippen molar-refractivity contribution in [3.8, 4) is 0 Å². The number of benzene rings is 1. The Bertz CT molecular complexity index is 720. The van der Waals surface area contributed by atoms with Crippen LogP contribution in [0.2, 0.25) is 0 Å². The van der Waals surface area contributed by atoms with Gasteiger partial charge < -0.3 is 9.80 Å². The molecule has 0 aliphatic carbocycles. The van der Waals surface area contributed by atoms with Crippen LogP contribution in [-0.2, 0) is 9.59 Å². The lowest BCUT2D eigenvalue weighted by Gasteiger charge is -2.29. The second-order valence-corrected chi connectivity index (χ2v) is 9.75. The third-order valence-corrected chi connectivity index (χ3v) is 6.15. The minimum atomic E-state index is -0.413. The summed E-state index contributed by atoms with van der Waals surface area (Å²) in [5, 5.41) is 0. The Balaban J connectivity index is 0.0000102. The van der Waals surface area contributed by atoms with Crippen molar-refractivity contribution in [2.45, 2.75) is 55.4 Å². The largest absolute Gasteiger partial charge is 0.303 e. The van der Waals surface area contributed by atoms with Crippen LogP contribution >= 0.6 is 17.0 Å². The van der Waals surface area contributed by atoms with Crippen LogP contribution in [0.1, 0.15) is 66.5 Å². The summed E-state index contributed by atoms with van der Waals surface area (Å²) in [5.41, 5.74) is 1.12. The fourth-order valence-corrected chi connectivity index (χ4v) is 3.68. The molecule has 0 bridgehead atoms. The fraction of sp³-hybridized carbons (Fsp3) is 0.571. The maximum Gasteiger partial charge on any atom is 0.162 e. The Labute approximate surface area is 212 Å². The minimum Gasteiger partial charge on any atom is -0.303 e. The van der Waals surface area contributed by atoms with E-state index in [9.17, 15) is 9.59 Å². The van der Waals surface area contributed by atoms with Gasteiger partial charge in [-0.15, -0.1) is 17.0 Å². The highest BCUT2D eigenvalue weighted by Gasteiger charge is 2.28. The Hall–Kier alpha value is -1.56. The van der Waals surface area contributed by atoms with Gasteiger partial charge in [-0.25, -0.2) is 0 Å². The molecule has 0 aromatic heterocycles. The molecule has 0 unspecified atom stereocenters. The molecule has 1 rings (SSSR count). The molecule has 0 N–H and O–H groups in total. The molecule has 0 heterocycles. The normalized spacial score (nSPS) is 12.7. The highest BCUT2D eigenvalue weighted by Crippen LogP contribution is 2.21. The lowest BCUT2D eigenvalue weighted by atomic mass is 9.86. The maximum absolute atomic E-state index is 12.7. The van der Waals surface area contributed by atoms with Crippen LogP contribution in [0.5, 0.6) is 0 Å². The zero-order valence-electron chi connectivity index (χ0n) is 22.0. The van der Waals surface area contributed by atoms with Gasteiger partial charge in [0, 0.05) is 23.9 Å². The second-order valence-electron chi connectivity index (χ2n) is 9.75. The van der Waals surface area contributed by atoms with Gasteiger partial charge in [0.05, 0.1) is 0 Å². The summed E-state index contributed by atoms with van der Waals surface area (Å²) in [6.07, 6.45) is 7.12. The van der Waals surface area contributed by atoms with Crippen LogP contribution < -0.4 is 0 Å². The standard InChI is InChI=1S/C28H44N2O2.BrH/c1-9-29(10-2)21-27(5,6)25(31)19-17-23-13-15-24(16-14-23)18-20-26(32)28(7,8)22-30(11-3)12-4;/h13-20H,9-12,21-22H2,1-8H3;1H. The summed E-state index contributed by atoms with van der Waals surface area (Å²) < 4.78 is 0. The zero-order chi connectivity index (χ0) is 24.4. The van der Waals surface area contributed by atoms with Crippen LogP contribution in [0.3, 0.4) is 0 Å². The maximum atomic E-state index is 12.7. The molecular formula is C28H45BrN2O2. The van der Waals surface area contributed by atoms with Crippen molar-refractivity contribution in [1.82, 2.24) is 9.80 Å². The van der Waals surface area contributed by atoms with E-state index in [1.54, 1.807) is 12.2 Å². The first-order chi connectivity index (χ1) is 15.0. The van der Waals surface area contributed by atoms with Crippen LogP contribution in [-0.4, -0.2) is 60.6 Å². The average molecular weight is 522 g/mol. The number of rotatable bonds is 14. The molecule has 0 aliphatic rings. The lowest BCUT2D eigenvalue weighted by molar-refractivity contribution is -0.123. The fourth-order valence-electron chi connectivity index (χ4n) is 3.68. The summed E-state index contributed by atoms with van der Waals surface area (Å²) in [6, 6.07) is 7.91. The van der Waals surface area contributed by atoms with E-state index in [0.717, 1.165) is 50.4 Å². The van der Waals surface area contributed by atoms with E-state index in [1.807, 2.05) is 64.1 Å². The van der Waals surface area contributed by atoms with Crippen molar-refractivity contribution in [1.29, 1.82) is 0 Å². The third-order valence-electron chi connectivity index (χ3n) is 6.15. The van der Waals surface area contributed by atoms with E-state index in [1.165, 1.54) is 0 Å². The first kappa shape index (κ1) is 31.4. The number of halogens is 1. The molecule has 0 atom stereocenters. The van der Waals surface area contributed by atoms with Gasteiger partial charge in [-0.05, 0) is 49.5 Å². The van der Waals surface area contributed by atoms with Crippen molar-refractivity contribution in [2.75, 3.05) is 39.3 Å². The van der Waals surface area contributed by atoms with Crippen LogP contribution in [0.25, 0.3) is 12.2 Å². The number of ketones is 2. The van der Waals surface area contributed by atoms with Gasteiger partial charge in [-0.1, -0.05) is 91.8 Å². The smallest absolute Gasteiger partial charge is 0.162 e. The van der Waals surface area contributed by atoms with E-state index in [-0.39, 0.29) is 28.5 Å². The number of hydrogen-bond acceptors (Lipinski definition) is 4. The van der Waals surface area contributed by atoms with E-state index in [4.69, 9.17) is 0 Å². The molecule has 0 spiro atoms. The van der Waals surface area contributed by atoms with Gasteiger partial charge in [0.2, 0.25) is 0 Å². The number of nitrogens with zero attached hydrogens (tertiary/aromatic N) is 2. The monoisotopic (exact) mass is 520 g/mol. The number of carbonyl (C=O) groups excluding carboxylic acids is 2. The summed E-state index contributed by atoms with van der Waals surface area (Å²) in [4.78, 5) is 29.9. The Morgan fingerprint density at radius 1 is 0.667 bits per heavy atom. The van der Waals surface area contributed by atoms with E-state index in [2.05, 4.69) is 37.5 Å². The van der Waals surface area contributed by atoms with Crippen LogP contribution in [0.15, 0.2) is 36.4 Å². The number of allylic oxidation sites excluding steroid dienone is 2. The second kappa shape index (κ2) is 14.6. The first-order valence-corrected chi connectivity index (χ1v) is 12.0. The SMILES string of the molecule is Br.CCN(CC)CC(C)(C)C(=O)C=Cc1ccc(C=CC(=O)C(C)(C)CN(CC)CC)cc1. The Morgan fingerprint density at radius 2 is 0.939 bits per heavy atom. The minimum absolute atomic E-state index is 0. The molecule has 0 aliphatic heterocycles. The predicted molar refractivity (Wildman–Crippen MR) is 148 cm³/mol. The molecule has 0 amide bonds. The van der Waals surface area contributed by atoms with Gasteiger partial charge in [-0.3, -0.25) is 9.59 Å². The van der Waals surface area contributed by atoms with Crippen molar-refractivity contribution in [3.63, 3.8) is 0 Å². The zero-order valence-corrected chi connectivity index (χ0v) is 23.7. The number of carbonyl (C=O) groups is 2. The first-order valence-electron chi connectivity index (χ1n) is 12.0. The summed E-state index contributed by atoms with van der Waals surface area (Å²) in [7, 11) is 0. The number of hydrogen-bond donors (Lipinski definition) is 0. The van der Waals surface area contributed by atoms with Gasteiger partial charge in [0.15, 0.2) is 11.6 Å². The molecule has 5 heteroatoms. The molecule has 33 heavy (non-hydrogen) atoms. The van der Waals surface area contributed by atoms with E-state index < -0.39 is 10.8 Å². The van der Waals surface area contributed by atoms with Crippen molar-refractivity contribution in [3.05, 3.63) is 47.5 Å². The third kappa shape index (κ3) is 10.5. The van der Waals surface area contributed by atoms with Crippen molar-refractivity contribution < 1.29 is 9.59 Å². The Morgan fingerprint density at radius 3 is 1.18 bits per heavy atom. The lowest BCUT2D eigenvalue weighted by Crippen LogP contribution is -2.38. The highest BCUT2D eigenvalue weighted by atomic mass is 79.9. The molecule has 0 fully saturated rings. The topological polar surface area (TPSA) is 40.6 Å². The molecule has 186 valence electrons. The molecule has 0 radical (unpaired) electrons. The molecule has 1 aromatic carbocycles. The van der Waals surface area contributed by atoms with Crippen LogP contribution in [0, 0.1) is 10.8 Å². The summed E-state index contributed by atoms with van der Waals surface area (Å²) >= 11 is 0. The molecule has 1 aromatic rings. The van der Waals surface area contributed by atoms with Gasteiger partial charge in [-0.2, -0.15) is 0 Å². The van der Waals surface area contributed by atoms with Gasteiger partial charge in [0.25, 0.3) is 0 Å². The van der Waals surface area contributed by atoms with Crippen molar-refractivity contribution in [2.24, 2.45) is 10.8 Å². The molecule has 0 saturated heterocycles. The van der Waals surface area contributed by atoms with Gasteiger partial charge in [0.1, 0.15) is 0 Å². The van der Waals surface area contributed by atoms with Crippen LogP contribution in [0.4, 0.5) is 0 Å². The molecule has 4 nitrogen and oxygen atoms in total. The summed E-state index contributed by atoms with van der Waals surface area (Å²) in [5.74, 6) is 0.267. The summed E-state index contributed by atoms with van der Waals surface area (Å²) in [6.45, 7) is 21.8. The average Bonchev–Trinajstić information content (AvgIpc) is 2.78. The van der Waals surface area contributed by atoms with Gasteiger partial charge >= 0.3 is 0 Å². The van der Waals surface area contributed by atoms with Crippen molar-refractivity contribution >= 4 is 40.7 Å². The van der Waals surface area contributed by atoms with E-state index >= 15 is 0 Å². The molecular weight excluding hydrogens is 476 g/mol. The Kier molecular flexibility index (Phi) is 14.0. The van der Waals surface area contributed by atoms with E-state index in [0.29, 0.717) is 0 Å². The molecule has 0 saturated carbocycles. The highest BCUT2D eigenvalue weighted by molar-refractivity contribution is 8.93. The predicted octanol–water partition coefficient (Wildman–Crippen LogP) is 6.17. The quantitative estimate of drug-likeness (QED) is 0.275.